The largest absolute Gasteiger partial charge is 0.497 e. The second-order valence-corrected chi connectivity index (χ2v) is 5.21. The second kappa shape index (κ2) is 9.27. The average Bonchev–Trinajstić information content (AvgIpc) is 2.66. The lowest BCUT2D eigenvalue weighted by molar-refractivity contribution is -0.121. The molecule has 2 aromatic rings. The van der Waals surface area contributed by atoms with E-state index in [1.807, 2.05) is 18.2 Å². The van der Waals surface area contributed by atoms with Crippen LogP contribution in [0.5, 0.6) is 11.5 Å². The van der Waals surface area contributed by atoms with Crippen LogP contribution < -0.4 is 20.1 Å². The zero-order chi connectivity index (χ0) is 18.1. The monoisotopic (exact) mass is 343 g/mol. The summed E-state index contributed by atoms with van der Waals surface area (Å²) >= 11 is 0. The van der Waals surface area contributed by atoms with Crippen molar-refractivity contribution in [2.75, 3.05) is 20.8 Å². The van der Waals surface area contributed by atoms with E-state index in [1.54, 1.807) is 24.4 Å². The van der Waals surface area contributed by atoms with Gasteiger partial charge in [0, 0.05) is 30.8 Å². The zero-order valence-electron chi connectivity index (χ0n) is 14.2. The summed E-state index contributed by atoms with van der Waals surface area (Å²) in [5, 5.41) is 5.46. The fourth-order valence-corrected chi connectivity index (χ4v) is 2.11. The quantitative estimate of drug-likeness (QED) is 0.759. The van der Waals surface area contributed by atoms with Crippen molar-refractivity contribution in [2.45, 2.75) is 13.0 Å². The van der Waals surface area contributed by atoms with E-state index in [9.17, 15) is 9.59 Å². The Balaban J connectivity index is 1.79. The highest BCUT2D eigenvalue weighted by Crippen LogP contribution is 2.22. The van der Waals surface area contributed by atoms with Crippen molar-refractivity contribution in [3.63, 3.8) is 0 Å². The minimum Gasteiger partial charge on any atom is -0.497 e. The van der Waals surface area contributed by atoms with Crippen LogP contribution in [0.25, 0.3) is 0 Å². The Morgan fingerprint density at radius 2 is 1.76 bits per heavy atom. The van der Waals surface area contributed by atoms with E-state index < -0.39 is 0 Å². The molecule has 0 bridgehead atoms. The Bertz CT molecular complexity index is 697. The van der Waals surface area contributed by atoms with Crippen molar-refractivity contribution in [1.29, 1.82) is 0 Å². The highest BCUT2D eigenvalue weighted by atomic mass is 16.5. The zero-order valence-corrected chi connectivity index (χ0v) is 14.2. The van der Waals surface area contributed by atoms with Crippen molar-refractivity contribution < 1.29 is 19.1 Å². The second-order valence-electron chi connectivity index (χ2n) is 5.21. The standard InChI is InChI=1S/C18H21N3O4/c1-24-15-9-13(10-16(11-15)25-2)18(23)20-8-6-17(22)21-12-14-5-3-4-7-19-14/h3-5,7,9-11H,6,8,12H2,1-2H3,(H,20,23)(H,21,22). The number of carbonyl (C=O) groups excluding carboxylic acids is 2. The average molecular weight is 343 g/mol. The fraction of sp³-hybridized carbons (Fsp3) is 0.278. The van der Waals surface area contributed by atoms with Crippen LogP contribution >= 0.6 is 0 Å². The molecule has 25 heavy (non-hydrogen) atoms. The SMILES string of the molecule is COc1cc(OC)cc(C(=O)NCCC(=O)NCc2ccccn2)c1. The molecule has 1 aromatic carbocycles. The maximum Gasteiger partial charge on any atom is 0.251 e. The number of carbonyl (C=O) groups is 2. The predicted molar refractivity (Wildman–Crippen MR) is 92.6 cm³/mol. The number of hydrogen-bond donors (Lipinski definition) is 2. The van der Waals surface area contributed by atoms with Gasteiger partial charge in [0.25, 0.3) is 5.91 Å². The number of amides is 2. The van der Waals surface area contributed by atoms with Crippen LogP contribution in [-0.4, -0.2) is 37.6 Å². The molecule has 0 saturated carbocycles. The summed E-state index contributed by atoms with van der Waals surface area (Å²) in [4.78, 5) is 28.1. The molecule has 0 spiro atoms. The number of hydrogen-bond acceptors (Lipinski definition) is 5. The van der Waals surface area contributed by atoms with Crippen LogP contribution in [0.2, 0.25) is 0 Å². The molecule has 2 N–H and O–H groups in total. The molecule has 132 valence electrons. The summed E-state index contributed by atoms with van der Waals surface area (Å²) in [6.07, 6.45) is 1.85. The third-order valence-electron chi connectivity index (χ3n) is 3.44. The lowest BCUT2D eigenvalue weighted by Gasteiger charge is -2.09. The molecule has 0 atom stereocenters. The maximum atomic E-state index is 12.2. The summed E-state index contributed by atoms with van der Waals surface area (Å²) in [6, 6.07) is 10.4. The van der Waals surface area contributed by atoms with Gasteiger partial charge in [0.1, 0.15) is 11.5 Å². The molecule has 0 aliphatic carbocycles. The first-order valence-corrected chi connectivity index (χ1v) is 7.80. The van der Waals surface area contributed by atoms with Gasteiger partial charge >= 0.3 is 0 Å². The van der Waals surface area contributed by atoms with E-state index in [1.165, 1.54) is 14.2 Å². The van der Waals surface area contributed by atoms with Crippen LogP contribution in [0, 0.1) is 0 Å². The Hall–Kier alpha value is -3.09. The minimum absolute atomic E-state index is 0.158. The number of aromatic nitrogens is 1. The van der Waals surface area contributed by atoms with E-state index in [4.69, 9.17) is 9.47 Å². The molecule has 0 unspecified atom stereocenters. The predicted octanol–water partition coefficient (Wildman–Crippen LogP) is 1.54. The Labute approximate surface area is 146 Å². The molecule has 2 rings (SSSR count). The molecule has 1 aromatic heterocycles. The summed E-state index contributed by atoms with van der Waals surface area (Å²) < 4.78 is 10.3. The van der Waals surface area contributed by atoms with E-state index in [0.717, 1.165) is 5.69 Å². The van der Waals surface area contributed by atoms with Crippen LogP contribution in [0.3, 0.4) is 0 Å². The van der Waals surface area contributed by atoms with E-state index >= 15 is 0 Å². The van der Waals surface area contributed by atoms with Crippen LogP contribution in [0.4, 0.5) is 0 Å². The first-order valence-electron chi connectivity index (χ1n) is 7.80. The van der Waals surface area contributed by atoms with E-state index in [0.29, 0.717) is 23.6 Å². The molecule has 0 saturated heterocycles. The van der Waals surface area contributed by atoms with E-state index in [2.05, 4.69) is 15.6 Å². The molecule has 0 fully saturated rings. The Morgan fingerprint density at radius 3 is 2.36 bits per heavy atom. The van der Waals surface area contributed by atoms with Gasteiger partial charge in [-0.1, -0.05) is 6.07 Å². The summed E-state index contributed by atoms with van der Waals surface area (Å²) in [7, 11) is 3.03. The molecule has 2 amide bonds. The molecule has 0 radical (unpaired) electrons. The molecule has 1 heterocycles. The minimum atomic E-state index is -0.297. The van der Waals surface area contributed by atoms with Crippen molar-refractivity contribution in [1.82, 2.24) is 15.6 Å². The van der Waals surface area contributed by atoms with Gasteiger partial charge in [-0.3, -0.25) is 14.6 Å². The summed E-state index contributed by atoms with van der Waals surface area (Å²) in [6.45, 7) is 0.590. The van der Waals surface area contributed by atoms with Gasteiger partial charge in [-0.2, -0.15) is 0 Å². The normalized spacial score (nSPS) is 10.0. The number of rotatable bonds is 8. The molecule has 0 aliphatic rings. The first kappa shape index (κ1) is 18.3. The molecular weight excluding hydrogens is 322 g/mol. The first-order chi connectivity index (χ1) is 12.1. The Morgan fingerprint density at radius 1 is 1.04 bits per heavy atom. The number of pyridine rings is 1. The number of benzene rings is 1. The lowest BCUT2D eigenvalue weighted by atomic mass is 10.2. The molecular formula is C18H21N3O4. The van der Waals surface area contributed by atoms with Crippen molar-refractivity contribution >= 4 is 11.8 Å². The third kappa shape index (κ3) is 5.80. The third-order valence-corrected chi connectivity index (χ3v) is 3.44. The molecule has 0 aliphatic heterocycles. The number of nitrogens with one attached hydrogen (secondary N) is 2. The van der Waals surface area contributed by atoms with Gasteiger partial charge in [0.2, 0.25) is 5.91 Å². The smallest absolute Gasteiger partial charge is 0.251 e. The van der Waals surface area contributed by atoms with Crippen LogP contribution in [0.15, 0.2) is 42.6 Å². The van der Waals surface area contributed by atoms with Crippen LogP contribution in [0.1, 0.15) is 22.5 Å². The highest BCUT2D eigenvalue weighted by Gasteiger charge is 2.10. The van der Waals surface area contributed by atoms with Crippen molar-refractivity contribution in [3.8, 4) is 11.5 Å². The molecule has 7 nitrogen and oxygen atoms in total. The lowest BCUT2D eigenvalue weighted by Crippen LogP contribution is -2.30. The highest BCUT2D eigenvalue weighted by molar-refractivity contribution is 5.95. The van der Waals surface area contributed by atoms with Crippen molar-refractivity contribution in [3.05, 3.63) is 53.9 Å². The maximum absolute atomic E-state index is 12.2. The Kier molecular flexibility index (Phi) is 6.76. The number of methoxy groups -OCH3 is 2. The van der Waals surface area contributed by atoms with E-state index in [-0.39, 0.29) is 24.8 Å². The summed E-state index contributed by atoms with van der Waals surface area (Å²) in [5.41, 5.74) is 1.19. The number of nitrogens with zero attached hydrogens (tertiary/aromatic N) is 1. The molecule has 7 heteroatoms. The van der Waals surface area contributed by atoms with Gasteiger partial charge in [-0.25, -0.2) is 0 Å². The topological polar surface area (TPSA) is 89.5 Å². The van der Waals surface area contributed by atoms with Gasteiger partial charge < -0.3 is 20.1 Å². The van der Waals surface area contributed by atoms with Crippen LogP contribution in [-0.2, 0) is 11.3 Å². The fourth-order valence-electron chi connectivity index (χ4n) is 2.11. The van der Waals surface area contributed by atoms with Gasteiger partial charge in [0.05, 0.1) is 26.5 Å². The van der Waals surface area contributed by atoms with Crippen molar-refractivity contribution in [2.24, 2.45) is 0 Å². The van der Waals surface area contributed by atoms with Gasteiger partial charge in [-0.05, 0) is 24.3 Å². The summed E-state index contributed by atoms with van der Waals surface area (Å²) in [5.74, 6) is 0.596. The number of ether oxygens (including phenoxy) is 2. The van der Waals surface area contributed by atoms with Gasteiger partial charge in [-0.15, -0.1) is 0 Å². The van der Waals surface area contributed by atoms with Gasteiger partial charge in [0.15, 0.2) is 0 Å².